The summed E-state index contributed by atoms with van der Waals surface area (Å²) in [4.78, 5) is 0. The van der Waals surface area contributed by atoms with Gasteiger partial charge < -0.3 is 5.73 Å². The molecule has 1 aliphatic rings. The van der Waals surface area contributed by atoms with E-state index in [1.807, 2.05) is 6.08 Å². The molecule has 1 heteroatoms. The van der Waals surface area contributed by atoms with Crippen LogP contribution in [0.5, 0.6) is 0 Å². The van der Waals surface area contributed by atoms with Gasteiger partial charge in [-0.3, -0.25) is 0 Å². The van der Waals surface area contributed by atoms with Crippen LogP contribution in [0.15, 0.2) is 12.7 Å². The number of hydrogen-bond acceptors (Lipinski definition) is 1. The van der Waals surface area contributed by atoms with Gasteiger partial charge in [0.2, 0.25) is 0 Å². The predicted octanol–water partition coefficient (Wildman–Crippen LogP) is 2.86. The average Bonchev–Trinajstić information content (AvgIpc) is 2.26. The molecule has 0 saturated heterocycles. The van der Waals surface area contributed by atoms with Crippen molar-refractivity contribution < 1.29 is 0 Å². The van der Waals surface area contributed by atoms with Gasteiger partial charge in [-0.2, -0.15) is 0 Å². The molecular weight excluding hydrogens is 146 g/mol. The van der Waals surface area contributed by atoms with E-state index in [0.717, 1.165) is 12.3 Å². The van der Waals surface area contributed by atoms with Gasteiger partial charge in [0.1, 0.15) is 0 Å². The van der Waals surface area contributed by atoms with Crippen molar-refractivity contribution >= 4 is 0 Å². The third kappa shape index (κ3) is 3.40. The highest BCUT2D eigenvalue weighted by molar-refractivity contribution is 4.76. The van der Waals surface area contributed by atoms with Crippen molar-refractivity contribution in [1.82, 2.24) is 0 Å². The Kier molecular flexibility index (Phi) is 4.37. The second kappa shape index (κ2) is 5.36. The van der Waals surface area contributed by atoms with Gasteiger partial charge in [0.05, 0.1) is 0 Å². The standard InChI is InChI=1S/C11H21N/c1-2-3-6-10-7-4-5-8-11(12)9-10/h2,10-11H,1,3-9,12H2. The third-order valence-electron chi connectivity index (χ3n) is 2.85. The molecule has 2 unspecified atom stereocenters. The Labute approximate surface area is 76.0 Å². The lowest BCUT2D eigenvalue weighted by Crippen LogP contribution is -2.21. The molecule has 0 spiro atoms. The quantitative estimate of drug-likeness (QED) is 0.507. The lowest BCUT2D eigenvalue weighted by Gasteiger charge is -2.15. The van der Waals surface area contributed by atoms with Crippen molar-refractivity contribution in [1.29, 1.82) is 0 Å². The molecular formula is C11H21N. The van der Waals surface area contributed by atoms with Crippen molar-refractivity contribution in [2.24, 2.45) is 11.7 Å². The fourth-order valence-corrected chi connectivity index (χ4v) is 2.12. The average molecular weight is 167 g/mol. The smallest absolute Gasteiger partial charge is 0.00414 e. The van der Waals surface area contributed by atoms with Crippen LogP contribution in [0, 0.1) is 5.92 Å². The first-order valence-electron chi connectivity index (χ1n) is 5.19. The molecule has 1 rings (SSSR count). The van der Waals surface area contributed by atoms with Gasteiger partial charge >= 0.3 is 0 Å². The highest BCUT2D eigenvalue weighted by Crippen LogP contribution is 2.25. The van der Waals surface area contributed by atoms with E-state index in [1.165, 1.54) is 38.5 Å². The molecule has 0 bridgehead atoms. The second-order valence-electron chi connectivity index (χ2n) is 4.01. The molecule has 0 aromatic rings. The highest BCUT2D eigenvalue weighted by atomic mass is 14.6. The van der Waals surface area contributed by atoms with E-state index >= 15 is 0 Å². The summed E-state index contributed by atoms with van der Waals surface area (Å²) in [5.41, 5.74) is 5.97. The first kappa shape index (κ1) is 9.79. The Bertz CT molecular complexity index is 131. The van der Waals surface area contributed by atoms with Crippen molar-refractivity contribution in [2.45, 2.75) is 51.0 Å². The summed E-state index contributed by atoms with van der Waals surface area (Å²) in [5.74, 6) is 0.875. The molecule has 0 heterocycles. The summed E-state index contributed by atoms with van der Waals surface area (Å²) in [7, 11) is 0. The Hall–Kier alpha value is -0.300. The fourth-order valence-electron chi connectivity index (χ4n) is 2.12. The Morgan fingerprint density at radius 1 is 1.33 bits per heavy atom. The number of rotatable bonds is 3. The van der Waals surface area contributed by atoms with Gasteiger partial charge in [-0.25, -0.2) is 0 Å². The number of hydrogen-bond donors (Lipinski definition) is 1. The Morgan fingerprint density at radius 2 is 2.08 bits per heavy atom. The molecule has 1 fully saturated rings. The molecule has 0 aromatic carbocycles. The van der Waals surface area contributed by atoms with Crippen LogP contribution >= 0.6 is 0 Å². The minimum absolute atomic E-state index is 0.474. The summed E-state index contributed by atoms with van der Waals surface area (Å²) in [6.45, 7) is 3.76. The van der Waals surface area contributed by atoms with Crippen LogP contribution in [0.3, 0.4) is 0 Å². The van der Waals surface area contributed by atoms with Gasteiger partial charge in [-0.15, -0.1) is 6.58 Å². The molecule has 1 aliphatic carbocycles. The minimum atomic E-state index is 0.474. The number of allylic oxidation sites excluding steroid dienone is 1. The summed E-state index contributed by atoms with van der Waals surface area (Å²) in [6, 6.07) is 0.474. The molecule has 1 nitrogen and oxygen atoms in total. The molecule has 12 heavy (non-hydrogen) atoms. The van der Waals surface area contributed by atoms with E-state index in [-0.39, 0.29) is 0 Å². The summed E-state index contributed by atoms with van der Waals surface area (Å²) in [6.07, 6.45) is 11.1. The van der Waals surface area contributed by atoms with E-state index in [2.05, 4.69) is 6.58 Å². The lowest BCUT2D eigenvalue weighted by molar-refractivity contribution is 0.409. The molecule has 0 amide bonds. The van der Waals surface area contributed by atoms with Crippen molar-refractivity contribution in [3.63, 3.8) is 0 Å². The normalized spacial score (nSPS) is 31.1. The maximum Gasteiger partial charge on any atom is 0.00414 e. The largest absolute Gasteiger partial charge is 0.328 e. The van der Waals surface area contributed by atoms with E-state index in [4.69, 9.17) is 5.73 Å². The van der Waals surface area contributed by atoms with E-state index in [1.54, 1.807) is 0 Å². The SMILES string of the molecule is C=CCCC1CCCCC(N)C1. The first-order valence-corrected chi connectivity index (χ1v) is 5.19. The van der Waals surface area contributed by atoms with E-state index in [9.17, 15) is 0 Å². The fraction of sp³-hybridized carbons (Fsp3) is 0.818. The van der Waals surface area contributed by atoms with Gasteiger partial charge in [-0.05, 0) is 31.6 Å². The van der Waals surface area contributed by atoms with Crippen LogP contribution in [0.25, 0.3) is 0 Å². The molecule has 0 radical (unpaired) electrons. The van der Waals surface area contributed by atoms with Crippen LogP contribution in [-0.4, -0.2) is 6.04 Å². The predicted molar refractivity (Wildman–Crippen MR) is 54.0 cm³/mol. The van der Waals surface area contributed by atoms with Crippen molar-refractivity contribution in [3.8, 4) is 0 Å². The molecule has 1 saturated carbocycles. The molecule has 0 aromatic heterocycles. The van der Waals surface area contributed by atoms with Crippen LogP contribution in [-0.2, 0) is 0 Å². The third-order valence-corrected chi connectivity index (χ3v) is 2.85. The monoisotopic (exact) mass is 167 g/mol. The summed E-state index contributed by atoms with van der Waals surface area (Å²) >= 11 is 0. The molecule has 70 valence electrons. The van der Waals surface area contributed by atoms with Crippen LogP contribution < -0.4 is 5.73 Å². The summed E-state index contributed by atoms with van der Waals surface area (Å²) in [5, 5.41) is 0. The second-order valence-corrected chi connectivity index (χ2v) is 4.01. The molecule has 2 atom stereocenters. The van der Waals surface area contributed by atoms with Crippen LogP contribution in [0.1, 0.15) is 44.9 Å². The van der Waals surface area contributed by atoms with Gasteiger partial charge in [0, 0.05) is 6.04 Å². The molecule has 0 aliphatic heterocycles. The lowest BCUT2D eigenvalue weighted by atomic mass is 9.93. The zero-order valence-electron chi connectivity index (χ0n) is 7.97. The van der Waals surface area contributed by atoms with Crippen LogP contribution in [0.2, 0.25) is 0 Å². The van der Waals surface area contributed by atoms with E-state index in [0.29, 0.717) is 6.04 Å². The van der Waals surface area contributed by atoms with Crippen LogP contribution in [0.4, 0.5) is 0 Å². The zero-order valence-corrected chi connectivity index (χ0v) is 7.97. The van der Waals surface area contributed by atoms with Gasteiger partial charge in [0.15, 0.2) is 0 Å². The van der Waals surface area contributed by atoms with Crippen molar-refractivity contribution in [3.05, 3.63) is 12.7 Å². The van der Waals surface area contributed by atoms with Gasteiger partial charge in [0.25, 0.3) is 0 Å². The Morgan fingerprint density at radius 3 is 2.83 bits per heavy atom. The van der Waals surface area contributed by atoms with E-state index < -0.39 is 0 Å². The first-order chi connectivity index (χ1) is 5.83. The minimum Gasteiger partial charge on any atom is -0.328 e. The highest BCUT2D eigenvalue weighted by Gasteiger charge is 2.16. The maximum atomic E-state index is 5.97. The maximum absolute atomic E-state index is 5.97. The zero-order chi connectivity index (χ0) is 8.81. The topological polar surface area (TPSA) is 26.0 Å². The van der Waals surface area contributed by atoms with Crippen molar-refractivity contribution in [2.75, 3.05) is 0 Å². The molecule has 2 N–H and O–H groups in total. The summed E-state index contributed by atoms with van der Waals surface area (Å²) < 4.78 is 0. The number of nitrogens with two attached hydrogens (primary N) is 1. The van der Waals surface area contributed by atoms with Gasteiger partial charge in [-0.1, -0.05) is 25.3 Å². The Balaban J connectivity index is 2.25.